The van der Waals surface area contributed by atoms with Crippen LogP contribution in [-0.2, 0) is 34.0 Å². The van der Waals surface area contributed by atoms with Crippen LogP contribution in [0.25, 0.3) is 22.3 Å². The van der Waals surface area contributed by atoms with Gasteiger partial charge in [0.15, 0.2) is 6.10 Å². The summed E-state index contributed by atoms with van der Waals surface area (Å²) in [5.74, 6) is -0.468. The Bertz CT molecular complexity index is 1360. The number of hydrogen-bond donors (Lipinski definition) is 3. The van der Waals surface area contributed by atoms with Gasteiger partial charge in [-0.15, -0.1) is 0 Å². The summed E-state index contributed by atoms with van der Waals surface area (Å²) in [6.07, 6.45) is -1.52. The highest BCUT2D eigenvalue weighted by molar-refractivity contribution is 5.90. The number of rotatable bonds is 4. The standard InChI is InChI=1S/C22H20N4O6/c1-31-10-2-3-16-11(4-10)13(7-24-18(27)6-23)14-8-26-17(19(14)25-16)5-12-15(21(26)29)9-32-22(30)20(12)28/h2-5,20,28H,6-9,23H2,1H3,(H,24,27)/t20-/m0/s1. The second-order valence-corrected chi connectivity index (χ2v) is 7.65. The highest BCUT2D eigenvalue weighted by atomic mass is 16.5. The molecule has 1 atom stereocenters. The lowest BCUT2D eigenvalue weighted by molar-refractivity contribution is -0.157. The van der Waals surface area contributed by atoms with E-state index in [9.17, 15) is 19.5 Å². The van der Waals surface area contributed by atoms with Gasteiger partial charge in [-0.2, -0.15) is 0 Å². The third-order valence-electron chi connectivity index (χ3n) is 5.93. The molecule has 2 aliphatic heterocycles. The van der Waals surface area contributed by atoms with Crippen LogP contribution in [0, 0.1) is 0 Å². The Morgan fingerprint density at radius 2 is 2.16 bits per heavy atom. The molecule has 0 fully saturated rings. The van der Waals surface area contributed by atoms with Gasteiger partial charge in [0.25, 0.3) is 5.56 Å². The number of nitrogens with one attached hydrogen (secondary N) is 1. The molecule has 4 N–H and O–H groups in total. The number of aromatic nitrogens is 2. The van der Waals surface area contributed by atoms with Crippen molar-refractivity contribution in [1.29, 1.82) is 0 Å². The summed E-state index contributed by atoms with van der Waals surface area (Å²) >= 11 is 0. The number of cyclic esters (lactones) is 1. The van der Waals surface area contributed by atoms with Crippen LogP contribution in [0.5, 0.6) is 5.75 Å². The Labute approximate surface area is 181 Å². The third-order valence-corrected chi connectivity index (χ3v) is 5.93. The molecule has 0 saturated heterocycles. The van der Waals surface area contributed by atoms with Crippen LogP contribution in [0.4, 0.5) is 0 Å². The van der Waals surface area contributed by atoms with Crippen LogP contribution in [0.3, 0.4) is 0 Å². The maximum absolute atomic E-state index is 13.2. The molecular formula is C22H20N4O6. The van der Waals surface area contributed by atoms with E-state index < -0.39 is 12.1 Å². The van der Waals surface area contributed by atoms with E-state index in [0.29, 0.717) is 22.7 Å². The lowest BCUT2D eigenvalue weighted by Crippen LogP contribution is -2.32. The zero-order valence-electron chi connectivity index (χ0n) is 17.2. The fourth-order valence-corrected chi connectivity index (χ4v) is 4.28. The number of carbonyl (C=O) groups excluding carboxylic acids is 2. The second kappa shape index (κ2) is 7.43. The van der Waals surface area contributed by atoms with Gasteiger partial charge in [-0.05, 0) is 29.8 Å². The van der Waals surface area contributed by atoms with Crippen LogP contribution in [0.2, 0.25) is 0 Å². The fourth-order valence-electron chi connectivity index (χ4n) is 4.28. The zero-order valence-corrected chi connectivity index (χ0v) is 17.2. The maximum Gasteiger partial charge on any atom is 0.340 e. The number of aliphatic hydroxyl groups is 1. The second-order valence-electron chi connectivity index (χ2n) is 7.65. The molecule has 0 radical (unpaired) electrons. The molecule has 2 aliphatic rings. The van der Waals surface area contributed by atoms with E-state index in [1.807, 2.05) is 6.07 Å². The van der Waals surface area contributed by atoms with Crippen LogP contribution >= 0.6 is 0 Å². The van der Waals surface area contributed by atoms with Gasteiger partial charge in [0.2, 0.25) is 5.91 Å². The first-order valence-electron chi connectivity index (χ1n) is 10.0. The minimum absolute atomic E-state index is 0.146. The highest BCUT2D eigenvalue weighted by Gasteiger charge is 2.34. The summed E-state index contributed by atoms with van der Waals surface area (Å²) < 4.78 is 11.8. The number of benzene rings is 1. The summed E-state index contributed by atoms with van der Waals surface area (Å²) in [4.78, 5) is 41.6. The lowest BCUT2D eigenvalue weighted by atomic mass is 9.98. The van der Waals surface area contributed by atoms with Gasteiger partial charge in [-0.1, -0.05) is 0 Å². The smallest absolute Gasteiger partial charge is 0.340 e. The van der Waals surface area contributed by atoms with Crippen molar-refractivity contribution in [3.8, 4) is 17.1 Å². The minimum atomic E-state index is -1.52. The summed E-state index contributed by atoms with van der Waals surface area (Å²) in [6.45, 7) is 0.0889. The molecule has 3 aromatic rings. The molecule has 10 heteroatoms. The summed E-state index contributed by atoms with van der Waals surface area (Å²) in [5, 5.41) is 13.8. The lowest BCUT2D eigenvalue weighted by Gasteiger charge is -2.21. The Kier molecular flexibility index (Phi) is 4.68. The van der Waals surface area contributed by atoms with Gasteiger partial charge in [0.1, 0.15) is 12.4 Å². The van der Waals surface area contributed by atoms with Crippen molar-refractivity contribution in [3.63, 3.8) is 0 Å². The van der Waals surface area contributed by atoms with E-state index in [4.69, 9.17) is 20.2 Å². The normalized spacial score (nSPS) is 16.2. The molecular weight excluding hydrogens is 416 g/mol. The zero-order chi connectivity index (χ0) is 22.6. The van der Waals surface area contributed by atoms with Crippen LogP contribution in [-0.4, -0.2) is 40.2 Å². The molecule has 5 rings (SSSR count). The molecule has 0 spiro atoms. The molecule has 164 valence electrons. The largest absolute Gasteiger partial charge is 0.497 e. The van der Waals surface area contributed by atoms with E-state index in [2.05, 4.69) is 5.32 Å². The predicted molar refractivity (Wildman–Crippen MR) is 113 cm³/mol. The number of nitrogens with zero attached hydrogens (tertiary/aromatic N) is 2. The Morgan fingerprint density at radius 3 is 2.91 bits per heavy atom. The molecule has 2 aromatic heterocycles. The summed E-state index contributed by atoms with van der Waals surface area (Å²) in [6, 6.07) is 7.03. The van der Waals surface area contributed by atoms with Crippen molar-refractivity contribution in [1.82, 2.24) is 14.9 Å². The number of aliphatic hydroxyl groups excluding tert-OH is 1. The molecule has 1 amide bonds. The van der Waals surface area contributed by atoms with Gasteiger partial charge < -0.3 is 30.2 Å². The van der Waals surface area contributed by atoms with E-state index in [-0.39, 0.29) is 48.8 Å². The average Bonchev–Trinajstić information content (AvgIpc) is 3.17. The fraction of sp³-hybridized carbons (Fsp3) is 0.273. The van der Waals surface area contributed by atoms with Gasteiger partial charge in [-0.3, -0.25) is 9.59 Å². The van der Waals surface area contributed by atoms with Crippen LogP contribution in [0.15, 0.2) is 29.1 Å². The molecule has 0 aliphatic carbocycles. The number of methoxy groups -OCH3 is 1. The topological polar surface area (TPSA) is 146 Å². The molecule has 32 heavy (non-hydrogen) atoms. The quantitative estimate of drug-likeness (QED) is 0.382. The van der Waals surface area contributed by atoms with Gasteiger partial charge in [0.05, 0.1) is 42.7 Å². The Morgan fingerprint density at radius 1 is 1.34 bits per heavy atom. The maximum atomic E-state index is 13.2. The number of pyridine rings is 2. The number of amides is 1. The van der Waals surface area contributed by atoms with Crippen molar-refractivity contribution in [2.24, 2.45) is 5.73 Å². The summed E-state index contributed by atoms with van der Waals surface area (Å²) in [7, 11) is 1.56. The molecule has 0 unspecified atom stereocenters. The van der Waals surface area contributed by atoms with Crippen molar-refractivity contribution < 1.29 is 24.2 Å². The molecule has 0 bridgehead atoms. The number of ether oxygens (including phenoxy) is 2. The van der Waals surface area contributed by atoms with Gasteiger partial charge >= 0.3 is 5.97 Å². The van der Waals surface area contributed by atoms with E-state index in [1.165, 1.54) is 0 Å². The number of nitrogens with two attached hydrogens (primary N) is 1. The van der Waals surface area contributed by atoms with Crippen molar-refractivity contribution in [2.45, 2.75) is 25.8 Å². The molecule has 0 saturated carbocycles. The monoisotopic (exact) mass is 436 g/mol. The molecule has 10 nitrogen and oxygen atoms in total. The first-order chi connectivity index (χ1) is 15.4. The third kappa shape index (κ3) is 2.95. The van der Waals surface area contributed by atoms with Crippen LogP contribution < -0.4 is 21.3 Å². The predicted octanol–water partition coefficient (Wildman–Crippen LogP) is 0.0989. The van der Waals surface area contributed by atoms with Crippen molar-refractivity contribution >= 4 is 22.8 Å². The first-order valence-corrected chi connectivity index (χ1v) is 10.0. The Balaban J connectivity index is 1.74. The SMILES string of the molecule is COc1ccc2nc3c(c(CNC(=O)CN)c2c1)Cn1c-3cc2c(c1=O)COC(=O)[C@H]2O. The minimum Gasteiger partial charge on any atom is -0.497 e. The molecule has 4 heterocycles. The van der Waals surface area contributed by atoms with E-state index >= 15 is 0 Å². The summed E-state index contributed by atoms with van der Waals surface area (Å²) in [5.41, 5.74) is 8.85. The van der Waals surface area contributed by atoms with E-state index in [0.717, 1.165) is 16.5 Å². The highest BCUT2D eigenvalue weighted by Crippen LogP contribution is 2.38. The van der Waals surface area contributed by atoms with Crippen molar-refractivity contribution in [3.05, 3.63) is 56.9 Å². The first kappa shape index (κ1) is 20.2. The Hall–Kier alpha value is -3.76. The van der Waals surface area contributed by atoms with Crippen molar-refractivity contribution in [2.75, 3.05) is 13.7 Å². The van der Waals surface area contributed by atoms with Crippen LogP contribution in [0.1, 0.15) is 28.4 Å². The number of hydrogen-bond acceptors (Lipinski definition) is 8. The average molecular weight is 436 g/mol. The van der Waals surface area contributed by atoms with Gasteiger partial charge in [0, 0.05) is 23.1 Å². The number of carbonyl (C=O) groups is 2. The number of esters is 1. The van der Waals surface area contributed by atoms with E-state index in [1.54, 1.807) is 29.9 Å². The number of fused-ring (bicyclic) bond motifs is 5. The van der Waals surface area contributed by atoms with Gasteiger partial charge in [-0.25, -0.2) is 9.78 Å². The molecule has 1 aromatic carbocycles.